The molecule has 0 nitrogen and oxygen atoms in total. The van der Waals surface area contributed by atoms with Crippen LogP contribution in [-0.2, 0) is 0 Å². The first kappa shape index (κ1) is 43.3. The maximum Gasteiger partial charge on any atom is 0.241 e. The van der Waals surface area contributed by atoms with Crippen LogP contribution in [0.5, 0.6) is 0 Å². The van der Waals surface area contributed by atoms with Crippen molar-refractivity contribution >= 4 is 112 Å². The topological polar surface area (TPSA) is 0 Å². The lowest BCUT2D eigenvalue weighted by molar-refractivity contribution is 0.877. The van der Waals surface area contributed by atoms with Crippen molar-refractivity contribution in [1.82, 2.24) is 0 Å². The molecule has 0 bridgehead atoms. The van der Waals surface area contributed by atoms with Gasteiger partial charge in [-0.3, -0.25) is 0 Å². The van der Waals surface area contributed by atoms with Crippen LogP contribution >= 0.6 is 45.9 Å². The van der Waals surface area contributed by atoms with Gasteiger partial charge in [-0.1, -0.05) is 201 Å². The van der Waals surface area contributed by atoms with Crippen LogP contribution in [-0.4, -0.2) is 59.6 Å². The number of fused-ring (bicyclic) bond motifs is 1. The van der Waals surface area contributed by atoms with Crippen LogP contribution in [0.1, 0.15) is 43.7 Å². The normalized spacial score (nSPS) is 20.2. The molecule has 0 saturated heterocycles. The molecular weight excluding hydrogens is 783 g/mol. The minimum atomic E-state index is -3.01. The molecule has 11 heteroatoms. The zero-order valence-corrected chi connectivity index (χ0v) is 43.5. The third-order valence-electron chi connectivity index (χ3n) is 10.3. The molecule has 0 fully saturated rings. The third-order valence-corrected chi connectivity index (χ3v) is 43.6. The summed E-state index contributed by atoms with van der Waals surface area (Å²) in [5.41, 5.74) is 8.29. The molecule has 1 heterocycles. The fraction of sp³-hybridized carbons (Fsp3) is 0.622. The number of hydrogen-bond donors (Lipinski definition) is 0. The average Bonchev–Trinajstić information content (AvgIpc) is 2.77. The highest BCUT2D eigenvalue weighted by atomic mass is 35.6. The van der Waals surface area contributed by atoms with Crippen LogP contribution in [0.15, 0.2) is 48.2 Å². The Labute approximate surface area is 323 Å². The molecule has 48 heavy (non-hydrogen) atoms. The Kier molecular flexibility index (Phi) is 12.6. The number of allylic oxidation sites excluding steroid dienone is 1. The monoisotopic (exact) mass is 846 g/mol. The number of hydrogen-bond acceptors (Lipinski definition) is 0. The highest BCUT2D eigenvalue weighted by Crippen LogP contribution is 2.48. The Morgan fingerprint density at radius 2 is 0.917 bits per heavy atom. The second-order valence-electron chi connectivity index (χ2n) is 21.2. The van der Waals surface area contributed by atoms with Crippen LogP contribution in [0.4, 0.5) is 0 Å². The Morgan fingerprint density at radius 1 is 0.562 bits per heavy atom. The second-order valence-corrected chi connectivity index (χ2v) is 61.8. The first-order valence-corrected chi connectivity index (χ1v) is 43.6. The van der Waals surface area contributed by atoms with Gasteiger partial charge < -0.3 is 0 Å². The van der Waals surface area contributed by atoms with Crippen molar-refractivity contribution in [3.05, 3.63) is 70.4 Å². The SMILES string of the molecule is C[Si](C)(C)C(c1cc(C([Si](C)(C)C)[Si](C)(C)C)c([Si@]2(Cl)C=C[C@@H](C(Cl)(Cl)Cl)c3ccccc32)c(C([Si](C)(C)C)[Si](C)(C)C)c1)[Si](C)(C)C. The number of rotatable bonds is 10. The first-order chi connectivity index (χ1) is 21.1. The molecule has 0 aliphatic carbocycles. The Morgan fingerprint density at radius 3 is 1.25 bits per heavy atom. The lowest BCUT2D eigenvalue weighted by atomic mass is 10.0. The molecule has 0 radical (unpaired) electrons. The van der Waals surface area contributed by atoms with E-state index in [0.29, 0.717) is 15.5 Å². The molecule has 0 aromatic heterocycles. The van der Waals surface area contributed by atoms with Gasteiger partial charge in [-0.25, -0.2) is 0 Å². The summed E-state index contributed by atoms with van der Waals surface area (Å²) < 4.78 is -1.45. The molecule has 2 aromatic carbocycles. The predicted octanol–water partition coefficient (Wildman–Crippen LogP) is 13.1. The molecule has 270 valence electrons. The molecule has 1 aliphatic rings. The molecular formula is C37H66Cl4Si7. The fourth-order valence-corrected chi connectivity index (χ4v) is 54.6. The number of benzene rings is 2. The Hall–Kier alpha value is 0.858. The van der Waals surface area contributed by atoms with Crippen molar-refractivity contribution in [3.8, 4) is 0 Å². The molecule has 0 amide bonds. The Balaban J connectivity index is 2.81. The standard InChI is InChI=1S/C37H66Cl4Si7/c1-42(2,3)34(43(4,5)6)27-25-29(35(44(7,8)9)45(10,11)12)33(30(26-27)36(46(13,14)15)47(16,17)18)48(41)24-23-31(37(38,39)40)28-21-19-20-22-32(28)48/h19-26,31,34-36H,1-18H3/t31-,48+/m1/s1. The summed E-state index contributed by atoms with van der Waals surface area (Å²) in [5, 5.41) is 4.49. The van der Waals surface area contributed by atoms with E-state index in [9.17, 15) is 0 Å². The minimum absolute atomic E-state index is 0.332. The predicted molar refractivity (Wildman–Crippen MR) is 244 cm³/mol. The summed E-state index contributed by atoms with van der Waals surface area (Å²) >= 11 is 28.7. The molecule has 0 unspecified atom stereocenters. The molecule has 2 atom stereocenters. The second kappa shape index (κ2) is 13.9. The molecule has 2 aromatic rings. The summed E-state index contributed by atoms with van der Waals surface area (Å²) in [6, 6.07) is 14.2. The maximum atomic E-state index is 8.56. The van der Waals surface area contributed by atoms with Gasteiger partial charge in [-0.2, -0.15) is 0 Å². The van der Waals surface area contributed by atoms with Crippen LogP contribution in [0.3, 0.4) is 0 Å². The first-order valence-electron chi connectivity index (χ1n) is 17.9. The minimum Gasteiger partial charge on any atom is -0.149 e. The molecule has 0 saturated carbocycles. The summed E-state index contributed by atoms with van der Waals surface area (Å²) in [7, 11) is -13.2. The van der Waals surface area contributed by atoms with E-state index >= 15 is 0 Å². The summed E-state index contributed by atoms with van der Waals surface area (Å²) in [4.78, 5) is 0. The van der Waals surface area contributed by atoms with E-state index in [2.05, 4.69) is 166 Å². The van der Waals surface area contributed by atoms with Crippen molar-refractivity contribution in [2.24, 2.45) is 0 Å². The van der Waals surface area contributed by atoms with Gasteiger partial charge in [0.2, 0.25) is 11.2 Å². The molecule has 1 aliphatic heterocycles. The Bertz CT molecular complexity index is 1410. The lowest BCUT2D eigenvalue weighted by Gasteiger charge is -2.48. The van der Waals surface area contributed by atoms with Crippen molar-refractivity contribution in [2.45, 2.75) is 143 Å². The van der Waals surface area contributed by atoms with Gasteiger partial charge in [0.25, 0.3) is 0 Å². The highest BCUT2D eigenvalue weighted by Gasteiger charge is 2.52. The largest absolute Gasteiger partial charge is 0.241 e. The van der Waals surface area contributed by atoms with E-state index in [4.69, 9.17) is 45.9 Å². The van der Waals surface area contributed by atoms with E-state index in [1.165, 1.54) is 10.4 Å². The average molecular weight is 849 g/mol. The molecule has 0 spiro atoms. The van der Waals surface area contributed by atoms with Crippen LogP contribution in [0.2, 0.25) is 118 Å². The van der Waals surface area contributed by atoms with E-state index in [-0.39, 0.29) is 5.92 Å². The molecule has 0 N–H and O–H groups in total. The smallest absolute Gasteiger partial charge is 0.149 e. The van der Waals surface area contributed by atoms with Gasteiger partial charge in [0, 0.05) is 54.4 Å². The van der Waals surface area contributed by atoms with Crippen molar-refractivity contribution < 1.29 is 0 Å². The van der Waals surface area contributed by atoms with Gasteiger partial charge in [0.15, 0.2) is 0 Å². The van der Waals surface area contributed by atoms with E-state index in [1.807, 2.05) is 0 Å². The van der Waals surface area contributed by atoms with E-state index in [1.54, 1.807) is 16.7 Å². The lowest BCUT2D eigenvalue weighted by Crippen LogP contribution is -2.63. The van der Waals surface area contributed by atoms with Crippen molar-refractivity contribution in [3.63, 3.8) is 0 Å². The number of alkyl halides is 3. The quantitative estimate of drug-likeness (QED) is 0.127. The van der Waals surface area contributed by atoms with Gasteiger partial charge in [0.05, 0.1) is 0 Å². The van der Waals surface area contributed by atoms with E-state index in [0.717, 1.165) is 5.56 Å². The zero-order valence-electron chi connectivity index (χ0n) is 33.4. The summed E-state index contributed by atoms with van der Waals surface area (Å²) in [6.07, 6.45) is 2.17. The van der Waals surface area contributed by atoms with Gasteiger partial charge >= 0.3 is 0 Å². The third kappa shape index (κ3) is 9.14. The van der Waals surface area contributed by atoms with E-state index < -0.39 is 59.6 Å². The van der Waals surface area contributed by atoms with Gasteiger partial charge in [-0.05, 0) is 48.1 Å². The van der Waals surface area contributed by atoms with Crippen LogP contribution < -0.4 is 10.4 Å². The van der Waals surface area contributed by atoms with Crippen LogP contribution in [0.25, 0.3) is 0 Å². The van der Waals surface area contributed by atoms with Crippen molar-refractivity contribution in [1.29, 1.82) is 0 Å². The molecule has 3 rings (SSSR count). The summed E-state index contributed by atoms with van der Waals surface area (Å²) in [5.74, 6) is -0.332. The number of halogens is 4. The van der Waals surface area contributed by atoms with Gasteiger partial charge in [0.1, 0.15) is 0 Å². The van der Waals surface area contributed by atoms with Gasteiger partial charge in [-0.15, -0.1) is 11.1 Å². The maximum absolute atomic E-state index is 8.56. The summed E-state index contributed by atoms with van der Waals surface area (Å²) in [6.45, 7) is 47.0. The fourth-order valence-electron chi connectivity index (χ4n) is 10.5. The highest BCUT2D eigenvalue weighted by molar-refractivity contribution is 7.37. The zero-order chi connectivity index (χ0) is 37.4. The van der Waals surface area contributed by atoms with Crippen molar-refractivity contribution in [2.75, 3.05) is 0 Å². The van der Waals surface area contributed by atoms with Crippen LogP contribution in [0, 0.1) is 0 Å².